The molecule has 2 fully saturated rings. The van der Waals surface area contributed by atoms with Crippen LogP contribution in [0.4, 0.5) is 39.5 Å². The van der Waals surface area contributed by atoms with Crippen molar-refractivity contribution in [1.82, 2.24) is 0 Å². The summed E-state index contributed by atoms with van der Waals surface area (Å²) < 4.78 is 134. The maximum atomic E-state index is 15.2. The highest BCUT2D eigenvalue weighted by Gasteiger charge is 2.44. The van der Waals surface area contributed by atoms with E-state index in [0.717, 1.165) is 29.8 Å². The minimum Gasteiger partial charge on any atom is -0.432 e. The smallest absolute Gasteiger partial charge is 0.400 e. The van der Waals surface area contributed by atoms with Crippen molar-refractivity contribution in [2.45, 2.75) is 88.6 Å². The number of halogens is 9. The van der Waals surface area contributed by atoms with Crippen molar-refractivity contribution in [2.24, 2.45) is 5.92 Å². The molecule has 3 aromatic rings. The van der Waals surface area contributed by atoms with Crippen LogP contribution >= 0.6 is 0 Å². The third kappa shape index (κ3) is 7.20. The van der Waals surface area contributed by atoms with Gasteiger partial charge in [0.05, 0.1) is 5.92 Å². The summed E-state index contributed by atoms with van der Waals surface area (Å²) >= 11 is 0. The Hall–Kier alpha value is -3.43. The van der Waals surface area contributed by atoms with Gasteiger partial charge in [0.15, 0.2) is 23.3 Å². The van der Waals surface area contributed by atoms with E-state index in [1.165, 1.54) is 19.1 Å². The lowest BCUT2D eigenvalue weighted by Crippen LogP contribution is -2.37. The molecule has 0 saturated heterocycles. The van der Waals surface area contributed by atoms with Crippen LogP contribution in [0.5, 0.6) is 5.75 Å². The Morgan fingerprint density at radius 1 is 0.667 bits per heavy atom. The van der Waals surface area contributed by atoms with Gasteiger partial charge in [-0.15, -0.1) is 0 Å². The summed E-state index contributed by atoms with van der Waals surface area (Å²) in [4.78, 5) is 0. The lowest BCUT2D eigenvalue weighted by molar-refractivity contribution is -0.222. The fourth-order valence-corrected chi connectivity index (χ4v) is 6.75. The molecule has 2 aliphatic rings. The maximum absolute atomic E-state index is 15.2. The van der Waals surface area contributed by atoms with E-state index in [1.54, 1.807) is 12.1 Å². The van der Waals surface area contributed by atoms with Gasteiger partial charge in [-0.2, -0.15) is 8.78 Å². The van der Waals surface area contributed by atoms with E-state index in [4.69, 9.17) is 4.74 Å². The van der Waals surface area contributed by atoms with E-state index in [0.29, 0.717) is 25.7 Å². The van der Waals surface area contributed by atoms with Gasteiger partial charge >= 0.3 is 6.11 Å². The van der Waals surface area contributed by atoms with Crippen molar-refractivity contribution < 1.29 is 44.3 Å². The van der Waals surface area contributed by atoms with E-state index < -0.39 is 64.4 Å². The van der Waals surface area contributed by atoms with Crippen LogP contribution in [0.25, 0.3) is 5.83 Å². The molecule has 0 radical (unpaired) electrons. The molecule has 0 spiro atoms. The van der Waals surface area contributed by atoms with Crippen LogP contribution in [0.2, 0.25) is 0 Å². The van der Waals surface area contributed by atoms with Crippen LogP contribution in [-0.2, 0) is 0 Å². The molecule has 0 amide bonds. The van der Waals surface area contributed by atoms with Crippen molar-refractivity contribution in [3.05, 3.63) is 106 Å². The fraction of sp³-hybridized carbons (Fsp3) is 0.429. The zero-order chi connectivity index (χ0) is 32.5. The second-order valence-corrected chi connectivity index (χ2v) is 12.1. The van der Waals surface area contributed by atoms with E-state index >= 15 is 17.6 Å². The Bertz CT molecular complexity index is 1490. The van der Waals surface area contributed by atoms with Gasteiger partial charge in [0.1, 0.15) is 23.2 Å². The summed E-state index contributed by atoms with van der Waals surface area (Å²) in [5, 5.41) is 0. The number of benzene rings is 3. The number of hydrogen-bond donors (Lipinski definition) is 0. The number of allylic oxidation sites excluding steroid dienone is 1. The van der Waals surface area contributed by atoms with Gasteiger partial charge in [-0.05, 0) is 98.8 Å². The molecule has 0 bridgehead atoms. The zero-order valence-corrected chi connectivity index (χ0v) is 24.6. The molecule has 2 aliphatic carbocycles. The van der Waals surface area contributed by atoms with Gasteiger partial charge in [-0.3, -0.25) is 0 Å². The van der Waals surface area contributed by atoms with E-state index in [2.05, 4.69) is 0 Å². The first-order chi connectivity index (χ1) is 21.4. The summed E-state index contributed by atoms with van der Waals surface area (Å²) in [5.41, 5.74) is 0.968. The second kappa shape index (κ2) is 13.5. The standard InChI is InChI=1S/C35H33F9O/c1-2-27(36)33(41)23-9-5-19(6-10-23)20-11-13-25(14-12-20)35(43,44)45-26-17-28(37)32(29(38)18-26)22-7-3-21(4-8-22)24-15-30(39)34(42)31(40)16-24/h5-6,9-10,15-18,20-22,25H,2-4,7-8,11-14H2,1H3. The van der Waals surface area contributed by atoms with Gasteiger partial charge in [0.25, 0.3) is 0 Å². The van der Waals surface area contributed by atoms with Crippen LogP contribution in [0, 0.1) is 35.0 Å². The Morgan fingerprint density at radius 2 is 1.16 bits per heavy atom. The molecule has 0 aliphatic heterocycles. The van der Waals surface area contributed by atoms with Gasteiger partial charge in [0, 0.05) is 23.3 Å². The lowest BCUT2D eigenvalue weighted by Gasteiger charge is -2.33. The van der Waals surface area contributed by atoms with E-state index in [1.807, 2.05) is 0 Å². The molecule has 242 valence electrons. The number of alkyl halides is 2. The predicted molar refractivity (Wildman–Crippen MR) is 153 cm³/mol. The number of ether oxygens (including phenoxy) is 1. The Kier molecular flexibility index (Phi) is 9.89. The van der Waals surface area contributed by atoms with Crippen molar-refractivity contribution in [2.75, 3.05) is 0 Å². The highest BCUT2D eigenvalue weighted by Crippen LogP contribution is 2.46. The van der Waals surface area contributed by atoms with Gasteiger partial charge in [-0.25, -0.2) is 30.7 Å². The summed E-state index contributed by atoms with van der Waals surface area (Å²) in [6.45, 7) is 1.51. The Morgan fingerprint density at radius 3 is 1.69 bits per heavy atom. The van der Waals surface area contributed by atoms with Crippen LogP contribution in [0.15, 0.2) is 54.4 Å². The maximum Gasteiger partial charge on any atom is 0.400 e. The fourth-order valence-electron chi connectivity index (χ4n) is 6.75. The Balaban J connectivity index is 1.18. The molecule has 2 saturated carbocycles. The molecule has 1 nitrogen and oxygen atoms in total. The van der Waals surface area contributed by atoms with Crippen LogP contribution in [0.1, 0.15) is 105 Å². The highest BCUT2D eigenvalue weighted by molar-refractivity contribution is 5.61. The second-order valence-electron chi connectivity index (χ2n) is 12.1. The van der Waals surface area contributed by atoms with Crippen molar-refractivity contribution in [3.8, 4) is 5.75 Å². The molecule has 0 atom stereocenters. The number of hydrogen-bond acceptors (Lipinski definition) is 1. The largest absolute Gasteiger partial charge is 0.432 e. The van der Waals surface area contributed by atoms with Gasteiger partial charge < -0.3 is 4.74 Å². The molecule has 0 unspecified atom stereocenters. The SMILES string of the molecule is CCC(F)=C(F)c1ccc(C2CCC(C(F)(F)Oc3cc(F)c(C4CCC(c5cc(F)c(F)c(F)c5)CC4)c(F)c3)CC2)cc1. The first-order valence-electron chi connectivity index (χ1n) is 15.2. The number of rotatable bonds is 8. The monoisotopic (exact) mass is 640 g/mol. The van der Waals surface area contributed by atoms with Crippen LogP contribution < -0.4 is 4.74 Å². The molecular formula is C35H33F9O. The third-order valence-corrected chi connectivity index (χ3v) is 9.31. The average molecular weight is 641 g/mol. The van der Waals surface area contributed by atoms with Crippen molar-refractivity contribution in [1.29, 1.82) is 0 Å². The van der Waals surface area contributed by atoms with Gasteiger partial charge in [0.2, 0.25) is 0 Å². The minimum absolute atomic E-state index is 0.0560. The summed E-state index contributed by atoms with van der Waals surface area (Å²) in [5.74, 6) is -10.7. The topological polar surface area (TPSA) is 9.23 Å². The zero-order valence-electron chi connectivity index (χ0n) is 24.6. The molecule has 10 heteroatoms. The minimum atomic E-state index is -3.68. The highest BCUT2D eigenvalue weighted by atomic mass is 19.3. The summed E-state index contributed by atoms with van der Waals surface area (Å²) in [6.07, 6.45) is -1.52. The molecular weight excluding hydrogens is 607 g/mol. The Labute approximate surface area is 256 Å². The molecule has 5 rings (SSSR count). The summed E-state index contributed by atoms with van der Waals surface area (Å²) in [7, 11) is 0. The predicted octanol–water partition coefficient (Wildman–Crippen LogP) is 11.8. The van der Waals surface area contributed by atoms with Crippen molar-refractivity contribution in [3.63, 3.8) is 0 Å². The average Bonchev–Trinajstić information content (AvgIpc) is 3.02. The molecule has 0 heterocycles. The van der Waals surface area contributed by atoms with E-state index in [-0.39, 0.29) is 60.6 Å². The van der Waals surface area contributed by atoms with Crippen LogP contribution in [-0.4, -0.2) is 6.11 Å². The normalized spacial score (nSPS) is 23.1. The first kappa shape index (κ1) is 32.9. The van der Waals surface area contributed by atoms with Gasteiger partial charge in [-0.1, -0.05) is 31.2 Å². The lowest BCUT2D eigenvalue weighted by atomic mass is 9.76. The van der Waals surface area contributed by atoms with Crippen molar-refractivity contribution >= 4 is 5.83 Å². The van der Waals surface area contributed by atoms with Crippen LogP contribution in [0.3, 0.4) is 0 Å². The third-order valence-electron chi connectivity index (χ3n) is 9.31. The molecule has 45 heavy (non-hydrogen) atoms. The summed E-state index contributed by atoms with van der Waals surface area (Å²) in [6, 6.07) is 9.64. The molecule has 0 aromatic heterocycles. The van der Waals surface area contributed by atoms with E-state index in [9.17, 15) is 22.0 Å². The molecule has 3 aromatic carbocycles. The quantitative estimate of drug-likeness (QED) is 0.176. The first-order valence-corrected chi connectivity index (χ1v) is 15.2. The molecule has 0 N–H and O–H groups in total.